The molecule has 1 aromatic rings. The molecular weight excluding hydrogens is 228 g/mol. The second-order valence-electron chi connectivity index (χ2n) is 4.78. The summed E-state index contributed by atoms with van der Waals surface area (Å²) in [5, 5.41) is 9.44. The highest BCUT2D eigenvalue weighted by molar-refractivity contribution is 5.45. The molecule has 1 unspecified atom stereocenters. The van der Waals surface area contributed by atoms with E-state index in [9.17, 15) is 5.11 Å². The molecule has 0 aromatic carbocycles. The zero-order valence-corrected chi connectivity index (χ0v) is 11.2. The minimum atomic E-state index is -0.503. The number of nitrogens with zero attached hydrogens (tertiary/aromatic N) is 2. The highest BCUT2D eigenvalue weighted by Gasteiger charge is 2.20. The average molecular weight is 250 g/mol. The molecule has 0 saturated carbocycles. The van der Waals surface area contributed by atoms with Crippen LogP contribution >= 0.6 is 0 Å². The number of hydrogen-bond acceptors (Lipinski definition) is 4. The summed E-state index contributed by atoms with van der Waals surface area (Å²) in [5.74, 6) is 0. The molecule has 1 aromatic heterocycles. The van der Waals surface area contributed by atoms with E-state index >= 15 is 0 Å². The maximum Gasteiger partial charge on any atom is 0.0931 e. The molecule has 0 bridgehead atoms. The Morgan fingerprint density at radius 1 is 1.56 bits per heavy atom. The topological polar surface area (TPSA) is 45.6 Å². The number of pyridine rings is 1. The maximum absolute atomic E-state index is 9.44. The van der Waals surface area contributed by atoms with Gasteiger partial charge in [0.05, 0.1) is 29.8 Å². The van der Waals surface area contributed by atoms with Gasteiger partial charge in [0.1, 0.15) is 0 Å². The van der Waals surface area contributed by atoms with Crippen molar-refractivity contribution >= 4 is 5.69 Å². The predicted octanol–water partition coefficient (Wildman–Crippen LogP) is 2.14. The fraction of sp³-hybridized carbons (Fsp3) is 0.643. The molecule has 0 radical (unpaired) electrons. The van der Waals surface area contributed by atoms with Crippen LogP contribution in [0.2, 0.25) is 0 Å². The van der Waals surface area contributed by atoms with E-state index in [2.05, 4.69) is 9.88 Å². The largest absolute Gasteiger partial charge is 0.387 e. The third-order valence-electron chi connectivity index (χ3n) is 3.34. The molecular formula is C14H22N2O2. The molecule has 1 fully saturated rings. The van der Waals surface area contributed by atoms with Crippen LogP contribution in [0.4, 0.5) is 5.69 Å². The number of aliphatic hydroxyl groups excluding tert-OH is 1. The molecule has 2 rings (SSSR count). The van der Waals surface area contributed by atoms with Crippen LogP contribution in [0.15, 0.2) is 18.3 Å². The highest BCUT2D eigenvalue weighted by atomic mass is 16.5. The SMILES string of the molecule is CCOC1CCCN(c2ccc([C@H](C)O)nc2)C1. The van der Waals surface area contributed by atoms with E-state index in [0.29, 0.717) is 6.10 Å². The smallest absolute Gasteiger partial charge is 0.0931 e. The third-order valence-corrected chi connectivity index (χ3v) is 3.34. The van der Waals surface area contributed by atoms with Gasteiger partial charge < -0.3 is 14.7 Å². The average Bonchev–Trinajstić information content (AvgIpc) is 2.39. The van der Waals surface area contributed by atoms with Crippen LogP contribution in [0.5, 0.6) is 0 Å². The number of hydrogen-bond donors (Lipinski definition) is 1. The van der Waals surface area contributed by atoms with Crippen molar-refractivity contribution in [3.8, 4) is 0 Å². The number of rotatable bonds is 4. The van der Waals surface area contributed by atoms with E-state index in [1.165, 1.54) is 0 Å². The lowest BCUT2D eigenvalue weighted by Gasteiger charge is -2.34. The molecule has 0 spiro atoms. The van der Waals surface area contributed by atoms with Crippen molar-refractivity contribution in [3.05, 3.63) is 24.0 Å². The van der Waals surface area contributed by atoms with Gasteiger partial charge in [0.15, 0.2) is 0 Å². The molecule has 2 heterocycles. The molecule has 1 saturated heterocycles. The molecule has 4 nitrogen and oxygen atoms in total. The van der Waals surface area contributed by atoms with Crippen LogP contribution in [0.25, 0.3) is 0 Å². The van der Waals surface area contributed by atoms with Crippen LogP contribution in [0.3, 0.4) is 0 Å². The Morgan fingerprint density at radius 2 is 2.39 bits per heavy atom. The standard InChI is InChI=1S/C14H22N2O2/c1-3-18-13-5-4-8-16(10-13)12-6-7-14(11(2)17)15-9-12/h6-7,9,11,13,17H,3-5,8,10H2,1-2H3/t11-,13?/m0/s1. The summed E-state index contributed by atoms with van der Waals surface area (Å²) in [4.78, 5) is 6.60. The lowest BCUT2D eigenvalue weighted by Crippen LogP contribution is -2.39. The van der Waals surface area contributed by atoms with Gasteiger partial charge in [-0.2, -0.15) is 0 Å². The van der Waals surface area contributed by atoms with Gasteiger partial charge in [0.25, 0.3) is 0 Å². The Hall–Kier alpha value is -1.13. The Bertz CT molecular complexity index is 363. The van der Waals surface area contributed by atoms with Gasteiger partial charge in [-0.25, -0.2) is 0 Å². The Balaban J connectivity index is 2.02. The van der Waals surface area contributed by atoms with Gasteiger partial charge in [0.2, 0.25) is 0 Å². The van der Waals surface area contributed by atoms with E-state index in [1.54, 1.807) is 6.92 Å². The normalized spacial score (nSPS) is 21.9. The molecule has 100 valence electrons. The summed E-state index contributed by atoms with van der Waals surface area (Å²) in [6, 6.07) is 3.92. The first-order valence-corrected chi connectivity index (χ1v) is 6.71. The van der Waals surface area contributed by atoms with Crippen molar-refractivity contribution in [1.29, 1.82) is 0 Å². The van der Waals surface area contributed by atoms with E-state index < -0.39 is 6.10 Å². The highest BCUT2D eigenvalue weighted by Crippen LogP contribution is 2.21. The van der Waals surface area contributed by atoms with Crippen molar-refractivity contribution in [1.82, 2.24) is 4.98 Å². The van der Waals surface area contributed by atoms with Crippen molar-refractivity contribution in [3.63, 3.8) is 0 Å². The summed E-state index contributed by atoms with van der Waals surface area (Å²) in [7, 11) is 0. The van der Waals surface area contributed by atoms with Crippen LogP contribution in [0.1, 0.15) is 38.5 Å². The Labute approximate surface area is 109 Å². The number of aromatic nitrogens is 1. The third kappa shape index (κ3) is 3.21. The summed E-state index contributed by atoms with van der Waals surface area (Å²) < 4.78 is 5.69. The molecule has 0 aliphatic carbocycles. The quantitative estimate of drug-likeness (QED) is 0.889. The molecule has 4 heteroatoms. The van der Waals surface area contributed by atoms with E-state index in [0.717, 1.165) is 43.9 Å². The van der Waals surface area contributed by atoms with E-state index in [-0.39, 0.29) is 0 Å². The number of ether oxygens (including phenoxy) is 1. The van der Waals surface area contributed by atoms with Gasteiger partial charge in [-0.05, 0) is 38.8 Å². The van der Waals surface area contributed by atoms with E-state index in [4.69, 9.17) is 4.74 Å². The first-order chi connectivity index (χ1) is 8.70. The van der Waals surface area contributed by atoms with Crippen molar-refractivity contribution in [2.45, 2.75) is 38.9 Å². The fourth-order valence-corrected chi connectivity index (χ4v) is 2.38. The molecule has 18 heavy (non-hydrogen) atoms. The van der Waals surface area contributed by atoms with Crippen molar-refractivity contribution in [2.24, 2.45) is 0 Å². The first-order valence-electron chi connectivity index (χ1n) is 6.71. The molecule has 2 atom stereocenters. The molecule has 1 aliphatic heterocycles. The van der Waals surface area contributed by atoms with E-state index in [1.807, 2.05) is 25.3 Å². The van der Waals surface area contributed by atoms with Gasteiger partial charge in [-0.15, -0.1) is 0 Å². The van der Waals surface area contributed by atoms with Gasteiger partial charge >= 0.3 is 0 Å². The lowest BCUT2D eigenvalue weighted by molar-refractivity contribution is 0.0526. The van der Waals surface area contributed by atoms with Crippen LogP contribution in [-0.2, 0) is 4.74 Å². The fourth-order valence-electron chi connectivity index (χ4n) is 2.38. The lowest BCUT2D eigenvalue weighted by atomic mass is 10.1. The first kappa shape index (κ1) is 13.3. The number of piperidine rings is 1. The predicted molar refractivity (Wildman–Crippen MR) is 71.7 cm³/mol. The molecule has 1 N–H and O–H groups in total. The van der Waals surface area contributed by atoms with Crippen molar-refractivity contribution in [2.75, 3.05) is 24.6 Å². The second-order valence-corrected chi connectivity index (χ2v) is 4.78. The molecule has 0 amide bonds. The molecule has 1 aliphatic rings. The second kappa shape index (κ2) is 6.16. The summed E-state index contributed by atoms with van der Waals surface area (Å²) in [5.41, 5.74) is 1.83. The van der Waals surface area contributed by atoms with Gasteiger partial charge in [0, 0.05) is 19.7 Å². The summed E-state index contributed by atoms with van der Waals surface area (Å²) >= 11 is 0. The summed E-state index contributed by atoms with van der Waals surface area (Å²) in [6.07, 6.45) is 3.97. The Morgan fingerprint density at radius 3 is 3.00 bits per heavy atom. The number of anilines is 1. The minimum Gasteiger partial charge on any atom is -0.387 e. The summed E-state index contributed by atoms with van der Waals surface area (Å²) in [6.45, 7) is 6.53. The minimum absolute atomic E-state index is 0.334. The Kier molecular flexibility index (Phi) is 4.55. The maximum atomic E-state index is 9.44. The zero-order valence-electron chi connectivity index (χ0n) is 11.2. The van der Waals surface area contributed by atoms with Crippen LogP contribution < -0.4 is 4.90 Å². The zero-order chi connectivity index (χ0) is 13.0. The van der Waals surface area contributed by atoms with Crippen LogP contribution in [-0.4, -0.2) is 35.9 Å². The number of aliphatic hydroxyl groups is 1. The monoisotopic (exact) mass is 250 g/mol. The van der Waals surface area contributed by atoms with Gasteiger partial charge in [-0.1, -0.05) is 0 Å². The van der Waals surface area contributed by atoms with Crippen molar-refractivity contribution < 1.29 is 9.84 Å². The van der Waals surface area contributed by atoms with Gasteiger partial charge in [-0.3, -0.25) is 4.98 Å². The van der Waals surface area contributed by atoms with Crippen LogP contribution in [0, 0.1) is 0 Å².